The van der Waals surface area contributed by atoms with Gasteiger partial charge in [-0.15, -0.1) is 0 Å². The summed E-state index contributed by atoms with van der Waals surface area (Å²) in [6.07, 6.45) is -0.222. The fraction of sp³-hybridized carbons (Fsp3) is 0.257. The van der Waals surface area contributed by atoms with Gasteiger partial charge < -0.3 is 24.6 Å². The van der Waals surface area contributed by atoms with E-state index < -0.39 is 11.6 Å². The summed E-state index contributed by atoms with van der Waals surface area (Å²) >= 11 is 12.4. The third kappa shape index (κ3) is 7.99. The molecule has 4 aromatic rings. The largest absolute Gasteiger partial charge is 0.497 e. The quantitative estimate of drug-likeness (QED) is 0.0622. The molecule has 4 aromatic carbocycles. The second-order valence-electron chi connectivity index (χ2n) is 10.8. The van der Waals surface area contributed by atoms with E-state index >= 15 is 0 Å². The van der Waals surface area contributed by atoms with Crippen molar-refractivity contribution in [3.8, 4) is 11.5 Å². The van der Waals surface area contributed by atoms with E-state index in [9.17, 15) is 4.79 Å². The normalized spacial score (nSPS) is 16.9. The standard InChI is InChI=1S/C35H33Cl2N5O5/c1-45-29-9-4-8-25(19-29)32-35(20-26-6-2-3-7-27(26)22-40-42-38,34(44)39-21-23-10-15-30(36)31(37)18-23)41-33(47-32)24-11-13-28(14-12-24)46-17-5-16-43/h2-4,6-15,18-19,32,43H,5,16-17,20-22H2,1H3,(H,39,44)/t32-,35-/m1/s1. The maximum atomic E-state index is 14.6. The van der Waals surface area contributed by atoms with E-state index in [0.29, 0.717) is 45.7 Å². The highest BCUT2D eigenvalue weighted by atomic mass is 35.5. The van der Waals surface area contributed by atoms with Crippen LogP contribution in [0.25, 0.3) is 10.4 Å². The topological polar surface area (TPSA) is 138 Å². The van der Waals surface area contributed by atoms with E-state index in [2.05, 4.69) is 15.3 Å². The van der Waals surface area contributed by atoms with Crippen molar-refractivity contribution < 1.29 is 24.1 Å². The lowest BCUT2D eigenvalue weighted by atomic mass is 9.80. The van der Waals surface area contributed by atoms with Crippen LogP contribution in [0, 0.1) is 0 Å². The number of hydrogen-bond acceptors (Lipinski definition) is 7. The molecule has 0 unspecified atom stereocenters. The molecule has 10 nitrogen and oxygen atoms in total. The number of nitrogens with zero attached hydrogens (tertiary/aromatic N) is 4. The molecule has 1 aliphatic rings. The van der Waals surface area contributed by atoms with E-state index in [-0.39, 0.29) is 37.9 Å². The van der Waals surface area contributed by atoms with Gasteiger partial charge in [0.05, 0.1) is 30.3 Å². The van der Waals surface area contributed by atoms with Crippen LogP contribution < -0.4 is 14.8 Å². The molecule has 0 aliphatic carbocycles. The number of nitrogens with one attached hydrogen (secondary N) is 1. The van der Waals surface area contributed by atoms with E-state index in [1.54, 1.807) is 37.4 Å². The zero-order chi connectivity index (χ0) is 33.2. The fourth-order valence-corrected chi connectivity index (χ4v) is 5.67. The first-order valence-corrected chi connectivity index (χ1v) is 15.7. The maximum absolute atomic E-state index is 14.6. The van der Waals surface area contributed by atoms with Gasteiger partial charge >= 0.3 is 0 Å². The van der Waals surface area contributed by atoms with Crippen LogP contribution in [0.15, 0.2) is 101 Å². The lowest BCUT2D eigenvalue weighted by Crippen LogP contribution is -2.49. The predicted octanol–water partition coefficient (Wildman–Crippen LogP) is 7.39. The molecule has 0 spiro atoms. The van der Waals surface area contributed by atoms with Crippen molar-refractivity contribution in [3.05, 3.63) is 139 Å². The minimum Gasteiger partial charge on any atom is -0.497 e. The minimum absolute atomic E-state index is 0.0373. The number of aliphatic hydroxyl groups excluding tert-OH is 1. The first kappa shape index (κ1) is 33.6. The van der Waals surface area contributed by atoms with Gasteiger partial charge in [-0.1, -0.05) is 70.8 Å². The number of aliphatic imine (C=N–C) groups is 1. The summed E-state index contributed by atoms with van der Waals surface area (Å²) in [6, 6.07) is 27.2. The Morgan fingerprint density at radius 1 is 1.02 bits per heavy atom. The second kappa shape index (κ2) is 15.7. The number of hydrogen-bond donors (Lipinski definition) is 2. The van der Waals surface area contributed by atoms with Gasteiger partial charge in [0, 0.05) is 36.5 Å². The maximum Gasteiger partial charge on any atom is 0.252 e. The highest BCUT2D eigenvalue weighted by molar-refractivity contribution is 6.42. The Kier molecular flexibility index (Phi) is 11.2. The summed E-state index contributed by atoms with van der Waals surface area (Å²) in [4.78, 5) is 22.6. The highest BCUT2D eigenvalue weighted by Gasteiger charge is 2.53. The van der Waals surface area contributed by atoms with Crippen molar-refractivity contribution in [1.29, 1.82) is 0 Å². The van der Waals surface area contributed by atoms with E-state index in [0.717, 1.165) is 16.7 Å². The summed E-state index contributed by atoms with van der Waals surface area (Å²) in [5, 5.41) is 16.7. The van der Waals surface area contributed by atoms with Gasteiger partial charge in [0.15, 0.2) is 11.6 Å². The number of aliphatic hydroxyl groups is 1. The molecule has 47 heavy (non-hydrogen) atoms. The Morgan fingerprint density at radius 2 is 1.81 bits per heavy atom. The van der Waals surface area contributed by atoms with E-state index in [4.69, 9.17) is 53.0 Å². The number of methoxy groups -OCH3 is 1. The van der Waals surface area contributed by atoms with E-state index in [1.807, 2.05) is 60.7 Å². The molecular weight excluding hydrogens is 641 g/mol. The average Bonchev–Trinajstić information content (AvgIpc) is 3.49. The SMILES string of the molecule is COc1cccc([C@H]2OC(c3ccc(OCCCO)cc3)=N[C@@]2(Cc2ccccc2CN=[N+]=[N-])C(=O)NCc2ccc(Cl)c(Cl)c2)c1. The Balaban J connectivity index is 1.61. The number of carbonyl (C=O) groups excluding carboxylic acids is 1. The second-order valence-corrected chi connectivity index (χ2v) is 11.6. The lowest BCUT2D eigenvalue weighted by Gasteiger charge is -2.31. The molecule has 5 rings (SSSR count). The van der Waals surface area contributed by atoms with Gasteiger partial charge in [-0.2, -0.15) is 0 Å². The van der Waals surface area contributed by atoms with Crippen molar-refractivity contribution >= 4 is 35.0 Å². The molecule has 1 amide bonds. The third-order valence-electron chi connectivity index (χ3n) is 7.75. The van der Waals surface area contributed by atoms with Gasteiger partial charge in [-0.3, -0.25) is 4.79 Å². The van der Waals surface area contributed by atoms with Crippen molar-refractivity contribution in [2.24, 2.45) is 10.1 Å². The number of halogens is 2. The van der Waals surface area contributed by atoms with Gasteiger partial charge in [0.1, 0.15) is 11.5 Å². The summed E-state index contributed by atoms with van der Waals surface area (Å²) in [6.45, 7) is 0.679. The van der Waals surface area contributed by atoms with Crippen molar-refractivity contribution in [2.75, 3.05) is 20.3 Å². The molecule has 0 aromatic heterocycles. The first-order valence-electron chi connectivity index (χ1n) is 14.9. The van der Waals surface area contributed by atoms with Crippen LogP contribution in [0.4, 0.5) is 0 Å². The molecular formula is C35H33Cl2N5O5. The number of carbonyl (C=O) groups is 1. The zero-order valence-electron chi connectivity index (χ0n) is 25.6. The summed E-state index contributed by atoms with van der Waals surface area (Å²) in [7, 11) is 1.57. The first-order chi connectivity index (χ1) is 22.9. The van der Waals surface area contributed by atoms with Crippen molar-refractivity contribution in [1.82, 2.24) is 5.32 Å². The Morgan fingerprint density at radius 3 is 2.53 bits per heavy atom. The summed E-state index contributed by atoms with van der Waals surface area (Å²) < 4.78 is 17.9. The van der Waals surface area contributed by atoms with E-state index in [1.165, 1.54) is 0 Å². The Bertz CT molecular complexity index is 1800. The van der Waals surface area contributed by atoms with Crippen LogP contribution >= 0.6 is 23.2 Å². The van der Waals surface area contributed by atoms with Crippen LogP contribution in [0.1, 0.15) is 40.3 Å². The molecule has 0 saturated carbocycles. The van der Waals surface area contributed by atoms with Gasteiger partial charge in [-0.25, -0.2) is 4.99 Å². The number of ether oxygens (including phenoxy) is 3. The number of benzene rings is 4. The Labute approximate surface area is 282 Å². The predicted molar refractivity (Wildman–Crippen MR) is 181 cm³/mol. The molecule has 0 radical (unpaired) electrons. The summed E-state index contributed by atoms with van der Waals surface area (Å²) in [5.74, 6) is 1.12. The number of rotatable bonds is 14. The highest BCUT2D eigenvalue weighted by Crippen LogP contribution is 2.44. The van der Waals surface area contributed by atoms with Gasteiger partial charge in [0.2, 0.25) is 5.90 Å². The molecule has 242 valence electrons. The smallest absolute Gasteiger partial charge is 0.252 e. The van der Waals surface area contributed by atoms with Crippen LogP contribution in [-0.2, 0) is 29.0 Å². The fourth-order valence-electron chi connectivity index (χ4n) is 5.35. The molecule has 0 fully saturated rings. The molecule has 2 N–H and O–H groups in total. The van der Waals surface area contributed by atoms with Crippen LogP contribution in [-0.4, -0.2) is 42.8 Å². The zero-order valence-corrected chi connectivity index (χ0v) is 27.1. The number of azide groups is 1. The molecule has 12 heteroatoms. The van der Waals surface area contributed by atoms with Crippen molar-refractivity contribution in [2.45, 2.75) is 37.6 Å². The molecule has 1 aliphatic heterocycles. The molecule has 0 saturated heterocycles. The van der Waals surface area contributed by atoms with Crippen LogP contribution in [0.3, 0.4) is 0 Å². The third-order valence-corrected chi connectivity index (χ3v) is 8.49. The van der Waals surface area contributed by atoms with Crippen molar-refractivity contribution in [3.63, 3.8) is 0 Å². The molecule has 1 heterocycles. The average molecular weight is 675 g/mol. The lowest BCUT2D eigenvalue weighted by molar-refractivity contribution is -0.129. The Hall–Kier alpha value is -4.73. The van der Waals surface area contributed by atoms with Gasteiger partial charge in [0.25, 0.3) is 5.91 Å². The minimum atomic E-state index is -1.50. The molecule has 0 bridgehead atoms. The van der Waals surface area contributed by atoms with Crippen LogP contribution in [0.5, 0.6) is 11.5 Å². The van der Waals surface area contributed by atoms with Crippen LogP contribution in [0.2, 0.25) is 10.0 Å². The summed E-state index contributed by atoms with van der Waals surface area (Å²) in [5.41, 5.74) is 11.2. The number of amides is 1. The molecule has 2 atom stereocenters. The monoisotopic (exact) mass is 673 g/mol. The van der Waals surface area contributed by atoms with Gasteiger partial charge in [-0.05, 0) is 76.3 Å².